The van der Waals surface area contributed by atoms with E-state index in [1.165, 1.54) is 16.7 Å². The van der Waals surface area contributed by atoms with Gasteiger partial charge in [0.15, 0.2) is 0 Å². The number of aryl methyl sites for hydroxylation is 2. The molecule has 5 heteroatoms. The minimum atomic E-state index is -1.08. The lowest BCUT2D eigenvalue weighted by molar-refractivity contribution is 0.149. The molecule has 0 aliphatic carbocycles. The summed E-state index contributed by atoms with van der Waals surface area (Å²) in [4.78, 5) is 15.6. The van der Waals surface area contributed by atoms with Crippen molar-refractivity contribution in [3.8, 4) is 0 Å². The average Bonchev–Trinajstić information content (AvgIpc) is 2.34. The number of aromatic nitrogens is 2. The predicted molar refractivity (Wildman–Crippen MR) is 69.3 cm³/mol. The van der Waals surface area contributed by atoms with Gasteiger partial charge in [-0.1, -0.05) is 18.2 Å². The van der Waals surface area contributed by atoms with Crippen molar-refractivity contribution >= 4 is 0 Å². The van der Waals surface area contributed by atoms with Crippen molar-refractivity contribution in [1.82, 2.24) is 9.55 Å². The Labute approximate surface area is 110 Å². The Kier molecular flexibility index (Phi) is 3.76. The molecule has 1 heterocycles. The van der Waals surface area contributed by atoms with Crippen LogP contribution in [-0.4, -0.2) is 14.7 Å². The fourth-order valence-corrected chi connectivity index (χ4v) is 2.01. The van der Waals surface area contributed by atoms with Gasteiger partial charge in [0.25, 0.3) is 0 Å². The van der Waals surface area contributed by atoms with Gasteiger partial charge in [-0.2, -0.15) is 4.98 Å². The molecule has 100 valence electrons. The second-order valence-corrected chi connectivity index (χ2v) is 4.47. The van der Waals surface area contributed by atoms with E-state index >= 15 is 0 Å². The quantitative estimate of drug-likeness (QED) is 0.916. The second kappa shape index (κ2) is 5.32. The normalized spacial score (nSPS) is 12.4. The molecule has 0 saturated heterocycles. The van der Waals surface area contributed by atoms with Crippen molar-refractivity contribution in [3.05, 3.63) is 63.6 Å². The van der Waals surface area contributed by atoms with Crippen LogP contribution >= 0.6 is 0 Å². The molecule has 0 spiro atoms. The number of aliphatic hydroxyl groups excluding tert-OH is 1. The van der Waals surface area contributed by atoms with Crippen LogP contribution in [0.4, 0.5) is 4.39 Å². The smallest absolute Gasteiger partial charge is 0.348 e. The third-order valence-electron chi connectivity index (χ3n) is 2.97. The van der Waals surface area contributed by atoms with Crippen LogP contribution in [0.5, 0.6) is 0 Å². The summed E-state index contributed by atoms with van der Waals surface area (Å²) >= 11 is 0. The molecule has 0 aliphatic heterocycles. The zero-order valence-corrected chi connectivity index (χ0v) is 10.8. The molecule has 1 unspecified atom stereocenters. The van der Waals surface area contributed by atoms with Gasteiger partial charge in [-0.25, -0.2) is 9.18 Å². The first-order chi connectivity index (χ1) is 8.99. The van der Waals surface area contributed by atoms with Crippen LogP contribution in [0.2, 0.25) is 0 Å². The summed E-state index contributed by atoms with van der Waals surface area (Å²) in [6, 6.07) is 7.72. The maximum Gasteiger partial charge on any atom is 0.348 e. The maximum absolute atomic E-state index is 13.5. The van der Waals surface area contributed by atoms with Crippen LogP contribution in [0.1, 0.15) is 23.1 Å². The number of hydrogen-bond donors (Lipinski definition) is 1. The van der Waals surface area contributed by atoms with Crippen molar-refractivity contribution in [2.45, 2.75) is 26.5 Å². The molecule has 0 radical (unpaired) electrons. The molecule has 4 nitrogen and oxygen atoms in total. The highest BCUT2D eigenvalue weighted by atomic mass is 19.1. The highest BCUT2D eigenvalue weighted by Crippen LogP contribution is 2.18. The molecule has 0 aliphatic rings. The molecule has 19 heavy (non-hydrogen) atoms. The zero-order valence-electron chi connectivity index (χ0n) is 10.8. The molecule has 0 bridgehead atoms. The van der Waals surface area contributed by atoms with Gasteiger partial charge in [0.2, 0.25) is 0 Å². The first kappa shape index (κ1) is 13.4. The van der Waals surface area contributed by atoms with E-state index < -0.39 is 17.6 Å². The van der Waals surface area contributed by atoms with Crippen LogP contribution in [0, 0.1) is 19.7 Å². The van der Waals surface area contributed by atoms with Gasteiger partial charge in [-0.3, -0.25) is 4.57 Å². The van der Waals surface area contributed by atoms with E-state index in [0.29, 0.717) is 11.4 Å². The van der Waals surface area contributed by atoms with Crippen LogP contribution in [0.25, 0.3) is 0 Å². The number of aliphatic hydroxyl groups is 1. The lowest BCUT2D eigenvalue weighted by Gasteiger charge is -2.15. The Hall–Kier alpha value is -2.01. The van der Waals surface area contributed by atoms with Crippen molar-refractivity contribution in [2.24, 2.45) is 0 Å². The maximum atomic E-state index is 13.5. The van der Waals surface area contributed by atoms with E-state index in [2.05, 4.69) is 4.98 Å². The van der Waals surface area contributed by atoms with Gasteiger partial charge >= 0.3 is 5.69 Å². The minimum absolute atomic E-state index is 0.0150. The number of halogens is 1. The number of nitrogens with zero attached hydrogens (tertiary/aromatic N) is 2. The SMILES string of the molecule is Cc1cc(C)n(CC(O)c2ccccc2F)c(=O)n1. The third kappa shape index (κ3) is 2.88. The highest BCUT2D eigenvalue weighted by molar-refractivity contribution is 5.20. The van der Waals surface area contributed by atoms with E-state index in [1.54, 1.807) is 32.0 Å². The molecule has 2 rings (SSSR count). The van der Waals surface area contributed by atoms with Crippen LogP contribution in [-0.2, 0) is 6.54 Å². The molecule has 0 amide bonds. The topological polar surface area (TPSA) is 55.1 Å². The first-order valence-corrected chi connectivity index (χ1v) is 5.96. The van der Waals surface area contributed by atoms with Crippen molar-refractivity contribution in [2.75, 3.05) is 0 Å². The zero-order chi connectivity index (χ0) is 14.0. The summed E-state index contributed by atoms with van der Waals surface area (Å²) in [5.41, 5.74) is 1.05. The molecule has 1 atom stereocenters. The molecule has 2 aromatic rings. The van der Waals surface area contributed by atoms with E-state index in [0.717, 1.165) is 0 Å². The van der Waals surface area contributed by atoms with Gasteiger partial charge in [-0.15, -0.1) is 0 Å². The first-order valence-electron chi connectivity index (χ1n) is 5.96. The van der Waals surface area contributed by atoms with Gasteiger partial charge in [0, 0.05) is 17.0 Å². The van der Waals surface area contributed by atoms with Crippen LogP contribution in [0.15, 0.2) is 35.1 Å². The molecule has 0 fully saturated rings. The Bertz CT molecular complexity index is 652. The minimum Gasteiger partial charge on any atom is -0.386 e. The van der Waals surface area contributed by atoms with Crippen molar-refractivity contribution in [3.63, 3.8) is 0 Å². The Morgan fingerprint density at radius 3 is 2.68 bits per heavy atom. The van der Waals surface area contributed by atoms with Gasteiger partial charge in [0.1, 0.15) is 5.82 Å². The van der Waals surface area contributed by atoms with E-state index in [9.17, 15) is 14.3 Å². The number of hydrogen-bond acceptors (Lipinski definition) is 3. The Morgan fingerprint density at radius 2 is 2.05 bits per heavy atom. The van der Waals surface area contributed by atoms with Crippen LogP contribution < -0.4 is 5.69 Å². The molecular formula is C14H15FN2O2. The fraction of sp³-hybridized carbons (Fsp3) is 0.286. The monoisotopic (exact) mass is 262 g/mol. The molecule has 1 N–H and O–H groups in total. The average molecular weight is 262 g/mol. The van der Waals surface area contributed by atoms with Gasteiger partial charge in [0.05, 0.1) is 12.6 Å². The lowest BCUT2D eigenvalue weighted by atomic mass is 10.1. The third-order valence-corrected chi connectivity index (χ3v) is 2.97. The highest BCUT2D eigenvalue weighted by Gasteiger charge is 2.15. The van der Waals surface area contributed by atoms with Crippen molar-refractivity contribution in [1.29, 1.82) is 0 Å². The molecule has 1 aromatic carbocycles. The van der Waals surface area contributed by atoms with E-state index in [-0.39, 0.29) is 12.1 Å². The van der Waals surface area contributed by atoms with E-state index in [4.69, 9.17) is 0 Å². The largest absolute Gasteiger partial charge is 0.386 e. The van der Waals surface area contributed by atoms with Crippen LogP contribution in [0.3, 0.4) is 0 Å². The summed E-state index contributed by atoms with van der Waals surface area (Å²) < 4.78 is 14.9. The second-order valence-electron chi connectivity index (χ2n) is 4.47. The molecule has 1 aromatic heterocycles. The summed E-state index contributed by atoms with van der Waals surface area (Å²) in [7, 11) is 0. The fourth-order valence-electron chi connectivity index (χ4n) is 2.01. The van der Waals surface area contributed by atoms with Crippen molar-refractivity contribution < 1.29 is 9.50 Å². The summed E-state index contributed by atoms with van der Waals surface area (Å²) in [5.74, 6) is -0.485. The molecular weight excluding hydrogens is 247 g/mol. The Balaban J connectivity index is 2.32. The van der Waals surface area contributed by atoms with Gasteiger partial charge < -0.3 is 5.11 Å². The summed E-state index contributed by atoms with van der Waals surface area (Å²) in [6.07, 6.45) is -1.08. The van der Waals surface area contributed by atoms with Gasteiger partial charge in [-0.05, 0) is 26.0 Å². The standard InChI is InChI=1S/C14H15FN2O2/c1-9-7-10(2)17(14(19)16-9)8-13(18)11-5-3-4-6-12(11)15/h3-7,13,18H,8H2,1-2H3. The number of rotatable bonds is 3. The Morgan fingerprint density at radius 1 is 1.37 bits per heavy atom. The van der Waals surface area contributed by atoms with E-state index in [1.807, 2.05) is 0 Å². The predicted octanol–water partition coefficient (Wildman–Crippen LogP) is 1.73. The molecule has 0 saturated carbocycles. The lowest BCUT2D eigenvalue weighted by Crippen LogP contribution is -2.28. The summed E-state index contributed by atoms with van der Waals surface area (Å²) in [5, 5.41) is 10.0. The number of benzene rings is 1. The summed E-state index contributed by atoms with van der Waals surface area (Å²) in [6.45, 7) is 3.47.